The number of aromatic nitrogens is 3. The second-order valence-corrected chi connectivity index (χ2v) is 5.97. The van der Waals surface area contributed by atoms with Crippen LogP contribution >= 0.6 is 11.8 Å². The SMILES string of the molecule is CCc1ccc(CSc2nnc(CN)n2C(C)C)cc1. The highest BCUT2D eigenvalue weighted by atomic mass is 32.2. The molecule has 0 aliphatic rings. The predicted octanol–water partition coefficient (Wildman–Crippen LogP) is 3.17. The summed E-state index contributed by atoms with van der Waals surface area (Å²) in [4.78, 5) is 0. The summed E-state index contributed by atoms with van der Waals surface area (Å²) in [5.74, 6) is 1.75. The topological polar surface area (TPSA) is 56.7 Å². The third-order valence-corrected chi connectivity index (χ3v) is 4.25. The van der Waals surface area contributed by atoms with Gasteiger partial charge in [0.25, 0.3) is 0 Å². The molecular formula is C15H22N4S. The van der Waals surface area contributed by atoms with Crippen molar-refractivity contribution in [1.82, 2.24) is 14.8 Å². The monoisotopic (exact) mass is 290 g/mol. The van der Waals surface area contributed by atoms with Gasteiger partial charge in [0, 0.05) is 11.8 Å². The second kappa shape index (κ2) is 6.90. The lowest BCUT2D eigenvalue weighted by atomic mass is 10.1. The van der Waals surface area contributed by atoms with Gasteiger partial charge in [0.15, 0.2) is 5.16 Å². The Labute approximate surface area is 124 Å². The van der Waals surface area contributed by atoms with Gasteiger partial charge in [-0.3, -0.25) is 0 Å². The largest absolute Gasteiger partial charge is 0.324 e. The first-order chi connectivity index (χ1) is 9.65. The van der Waals surface area contributed by atoms with E-state index < -0.39 is 0 Å². The van der Waals surface area contributed by atoms with Gasteiger partial charge in [-0.05, 0) is 31.4 Å². The quantitative estimate of drug-likeness (QED) is 0.830. The molecule has 1 aromatic carbocycles. The van der Waals surface area contributed by atoms with Crippen LogP contribution in [0.5, 0.6) is 0 Å². The van der Waals surface area contributed by atoms with Gasteiger partial charge in [-0.2, -0.15) is 0 Å². The van der Waals surface area contributed by atoms with Crippen molar-refractivity contribution in [2.45, 2.75) is 50.7 Å². The summed E-state index contributed by atoms with van der Waals surface area (Å²) < 4.78 is 2.12. The number of hydrogen-bond donors (Lipinski definition) is 1. The van der Waals surface area contributed by atoms with Crippen molar-refractivity contribution in [3.63, 3.8) is 0 Å². The maximum absolute atomic E-state index is 5.71. The zero-order valence-corrected chi connectivity index (χ0v) is 13.2. The van der Waals surface area contributed by atoms with Crippen LogP contribution < -0.4 is 5.73 Å². The summed E-state index contributed by atoms with van der Waals surface area (Å²) in [6.07, 6.45) is 1.08. The zero-order chi connectivity index (χ0) is 14.5. The van der Waals surface area contributed by atoms with Crippen LogP contribution in [-0.2, 0) is 18.7 Å². The Bertz CT molecular complexity index is 546. The van der Waals surface area contributed by atoms with Gasteiger partial charge in [0.2, 0.25) is 0 Å². The molecular weight excluding hydrogens is 268 g/mol. The van der Waals surface area contributed by atoms with Crippen molar-refractivity contribution in [2.75, 3.05) is 0 Å². The van der Waals surface area contributed by atoms with E-state index in [0.717, 1.165) is 23.2 Å². The Morgan fingerprint density at radius 1 is 1.15 bits per heavy atom. The Morgan fingerprint density at radius 2 is 1.80 bits per heavy atom. The van der Waals surface area contributed by atoms with Crippen molar-refractivity contribution < 1.29 is 0 Å². The Kier molecular flexibility index (Phi) is 5.20. The molecule has 1 aromatic heterocycles. The highest BCUT2D eigenvalue weighted by Crippen LogP contribution is 2.25. The lowest BCUT2D eigenvalue weighted by molar-refractivity contribution is 0.526. The van der Waals surface area contributed by atoms with Gasteiger partial charge >= 0.3 is 0 Å². The molecule has 20 heavy (non-hydrogen) atoms. The highest BCUT2D eigenvalue weighted by Gasteiger charge is 2.13. The summed E-state index contributed by atoms with van der Waals surface area (Å²) in [5, 5.41) is 9.36. The third kappa shape index (κ3) is 3.41. The molecule has 2 aromatic rings. The van der Waals surface area contributed by atoms with Gasteiger partial charge in [0.05, 0.1) is 6.54 Å². The molecule has 0 bridgehead atoms. The van der Waals surface area contributed by atoms with Crippen molar-refractivity contribution in [3.05, 3.63) is 41.2 Å². The molecule has 0 atom stereocenters. The Hall–Kier alpha value is -1.33. The lowest BCUT2D eigenvalue weighted by Crippen LogP contribution is -2.11. The molecule has 0 aliphatic heterocycles. The van der Waals surface area contributed by atoms with Crippen molar-refractivity contribution in [2.24, 2.45) is 5.73 Å². The first-order valence-corrected chi connectivity index (χ1v) is 7.98. The second-order valence-electron chi connectivity index (χ2n) is 5.03. The molecule has 4 nitrogen and oxygen atoms in total. The Morgan fingerprint density at radius 3 is 2.35 bits per heavy atom. The molecule has 2 rings (SSSR count). The van der Waals surface area contributed by atoms with Crippen molar-refractivity contribution in [1.29, 1.82) is 0 Å². The van der Waals surface area contributed by atoms with Crippen LogP contribution in [0.25, 0.3) is 0 Å². The van der Waals surface area contributed by atoms with E-state index in [1.54, 1.807) is 11.8 Å². The van der Waals surface area contributed by atoms with Gasteiger partial charge in [-0.1, -0.05) is 43.0 Å². The van der Waals surface area contributed by atoms with Crippen LogP contribution in [0.1, 0.15) is 43.8 Å². The predicted molar refractivity (Wildman–Crippen MR) is 83.7 cm³/mol. The smallest absolute Gasteiger partial charge is 0.191 e. The fraction of sp³-hybridized carbons (Fsp3) is 0.467. The summed E-state index contributed by atoms with van der Waals surface area (Å²) in [6, 6.07) is 9.08. The van der Waals surface area contributed by atoms with E-state index in [9.17, 15) is 0 Å². The third-order valence-electron chi connectivity index (χ3n) is 3.23. The standard InChI is InChI=1S/C15H22N4S/c1-4-12-5-7-13(8-6-12)10-20-15-18-17-14(9-16)19(15)11(2)3/h5-8,11H,4,9-10,16H2,1-3H3. The molecule has 0 fully saturated rings. The first-order valence-electron chi connectivity index (χ1n) is 7.00. The van der Waals surface area contributed by atoms with E-state index in [1.165, 1.54) is 11.1 Å². The molecule has 0 radical (unpaired) electrons. The van der Waals surface area contributed by atoms with E-state index in [1.807, 2.05) is 0 Å². The summed E-state index contributed by atoms with van der Waals surface area (Å²) in [5.41, 5.74) is 8.38. The van der Waals surface area contributed by atoms with Crippen LogP contribution in [0.2, 0.25) is 0 Å². The van der Waals surface area contributed by atoms with Gasteiger partial charge in [-0.15, -0.1) is 10.2 Å². The van der Waals surface area contributed by atoms with Gasteiger partial charge in [-0.25, -0.2) is 0 Å². The molecule has 0 aliphatic carbocycles. The molecule has 108 valence electrons. The number of rotatable bonds is 6. The number of nitrogens with two attached hydrogens (primary N) is 1. The molecule has 2 N–H and O–H groups in total. The van der Waals surface area contributed by atoms with E-state index in [2.05, 4.69) is 59.8 Å². The van der Waals surface area contributed by atoms with Crippen molar-refractivity contribution in [3.8, 4) is 0 Å². The number of aryl methyl sites for hydroxylation is 1. The molecule has 0 amide bonds. The molecule has 5 heteroatoms. The summed E-state index contributed by atoms with van der Waals surface area (Å²) >= 11 is 1.71. The zero-order valence-electron chi connectivity index (χ0n) is 12.3. The van der Waals surface area contributed by atoms with E-state index in [0.29, 0.717) is 12.6 Å². The fourth-order valence-corrected chi connectivity index (χ4v) is 3.12. The van der Waals surface area contributed by atoms with Crippen LogP contribution in [0, 0.1) is 0 Å². The minimum Gasteiger partial charge on any atom is -0.324 e. The molecule has 0 spiro atoms. The number of nitrogens with zero attached hydrogens (tertiary/aromatic N) is 3. The molecule has 1 heterocycles. The summed E-state index contributed by atoms with van der Waals surface area (Å²) in [7, 11) is 0. The van der Waals surface area contributed by atoms with Crippen LogP contribution in [0.15, 0.2) is 29.4 Å². The Balaban J connectivity index is 2.08. The molecule has 0 unspecified atom stereocenters. The van der Waals surface area contributed by atoms with E-state index in [4.69, 9.17) is 5.73 Å². The lowest BCUT2D eigenvalue weighted by Gasteiger charge is -2.12. The van der Waals surface area contributed by atoms with Crippen molar-refractivity contribution >= 4 is 11.8 Å². The van der Waals surface area contributed by atoms with Gasteiger partial charge in [0.1, 0.15) is 5.82 Å². The van der Waals surface area contributed by atoms with Crippen LogP contribution in [-0.4, -0.2) is 14.8 Å². The molecule has 0 saturated heterocycles. The minimum absolute atomic E-state index is 0.327. The maximum atomic E-state index is 5.71. The highest BCUT2D eigenvalue weighted by molar-refractivity contribution is 7.98. The first kappa shape index (κ1) is 15.1. The number of benzene rings is 1. The number of hydrogen-bond acceptors (Lipinski definition) is 4. The van der Waals surface area contributed by atoms with E-state index in [-0.39, 0.29) is 0 Å². The minimum atomic E-state index is 0.327. The molecule has 0 saturated carbocycles. The summed E-state index contributed by atoms with van der Waals surface area (Å²) in [6.45, 7) is 6.85. The van der Waals surface area contributed by atoms with Crippen LogP contribution in [0.3, 0.4) is 0 Å². The van der Waals surface area contributed by atoms with E-state index >= 15 is 0 Å². The van der Waals surface area contributed by atoms with Crippen LogP contribution in [0.4, 0.5) is 0 Å². The average Bonchev–Trinajstić information content (AvgIpc) is 2.88. The number of thioether (sulfide) groups is 1. The maximum Gasteiger partial charge on any atom is 0.191 e. The van der Waals surface area contributed by atoms with Gasteiger partial charge < -0.3 is 10.3 Å². The fourth-order valence-electron chi connectivity index (χ4n) is 2.08. The average molecular weight is 290 g/mol. The normalized spacial score (nSPS) is 11.2.